The summed E-state index contributed by atoms with van der Waals surface area (Å²) in [5.41, 5.74) is 0. The summed E-state index contributed by atoms with van der Waals surface area (Å²) in [5, 5.41) is 0. The Morgan fingerprint density at radius 1 is 1.04 bits per heavy atom. The largest absolute Gasteiger partial charge is 0.493 e. The number of esters is 1. The summed E-state index contributed by atoms with van der Waals surface area (Å²) < 4.78 is 23.2. The third kappa shape index (κ3) is 6.12. The van der Waals surface area contributed by atoms with E-state index in [1.807, 2.05) is 13.0 Å². The molecule has 2 aromatic rings. The smallest absolute Gasteiger partial charge is 0.306 e. The molecule has 6 heteroatoms. The summed E-state index contributed by atoms with van der Waals surface area (Å²) in [5.74, 6) is -0.175. The van der Waals surface area contributed by atoms with Gasteiger partial charge in [0.2, 0.25) is 0 Å². The van der Waals surface area contributed by atoms with E-state index in [0.29, 0.717) is 23.7 Å². The van der Waals surface area contributed by atoms with Crippen LogP contribution in [0.1, 0.15) is 33.8 Å². The van der Waals surface area contributed by atoms with Crippen LogP contribution in [0.15, 0.2) is 36.4 Å². The Morgan fingerprint density at radius 2 is 1.79 bits per heavy atom. The minimum Gasteiger partial charge on any atom is -0.493 e. The van der Waals surface area contributed by atoms with Gasteiger partial charge < -0.3 is 9.47 Å². The molecule has 0 radical (unpaired) electrons. The van der Waals surface area contributed by atoms with Gasteiger partial charge in [-0.25, -0.2) is 4.39 Å². The van der Waals surface area contributed by atoms with Crippen LogP contribution in [-0.2, 0) is 9.53 Å². The molecular weight excluding hydrogens is 331 g/mol. The summed E-state index contributed by atoms with van der Waals surface area (Å²) in [7, 11) is 0. The number of benzene rings is 1. The van der Waals surface area contributed by atoms with Crippen LogP contribution in [0.4, 0.5) is 4.39 Å². The second-order valence-electron chi connectivity index (χ2n) is 5.21. The van der Waals surface area contributed by atoms with Crippen LogP contribution in [0.5, 0.6) is 5.75 Å². The molecule has 2 rings (SSSR count). The first-order chi connectivity index (χ1) is 11.5. The number of carbonyl (C=O) groups is 2. The van der Waals surface area contributed by atoms with Gasteiger partial charge in [-0.1, -0.05) is 0 Å². The van der Waals surface area contributed by atoms with E-state index in [1.54, 1.807) is 18.2 Å². The normalized spacial score (nSPS) is 10.4. The molecule has 0 bridgehead atoms. The molecule has 0 N–H and O–H groups in total. The molecule has 0 spiro atoms. The second kappa shape index (κ2) is 9.17. The van der Waals surface area contributed by atoms with E-state index in [-0.39, 0.29) is 31.0 Å². The summed E-state index contributed by atoms with van der Waals surface area (Å²) in [6.07, 6.45) is 0.765. The molecule has 0 atom stereocenters. The van der Waals surface area contributed by atoms with E-state index in [9.17, 15) is 14.0 Å². The number of thiophene rings is 1. The van der Waals surface area contributed by atoms with Gasteiger partial charge in [-0.3, -0.25) is 9.59 Å². The topological polar surface area (TPSA) is 52.6 Å². The predicted molar refractivity (Wildman–Crippen MR) is 90.1 cm³/mol. The highest BCUT2D eigenvalue weighted by Crippen LogP contribution is 2.17. The zero-order valence-electron chi connectivity index (χ0n) is 13.4. The average molecular weight is 350 g/mol. The van der Waals surface area contributed by atoms with Crippen molar-refractivity contribution in [2.45, 2.75) is 26.2 Å². The van der Waals surface area contributed by atoms with Crippen molar-refractivity contribution in [1.29, 1.82) is 0 Å². The molecular formula is C18H19FO4S. The second-order valence-corrected chi connectivity index (χ2v) is 6.50. The van der Waals surface area contributed by atoms with E-state index in [4.69, 9.17) is 9.47 Å². The minimum atomic E-state index is -0.390. The average Bonchev–Trinajstić information content (AvgIpc) is 3.00. The highest BCUT2D eigenvalue weighted by molar-refractivity contribution is 7.14. The number of ether oxygens (including phenoxy) is 2. The maximum absolute atomic E-state index is 12.7. The van der Waals surface area contributed by atoms with Crippen LogP contribution in [0.2, 0.25) is 0 Å². The molecule has 128 valence electrons. The molecule has 0 aliphatic heterocycles. The molecule has 0 fully saturated rings. The molecule has 24 heavy (non-hydrogen) atoms. The molecule has 1 aromatic heterocycles. The van der Waals surface area contributed by atoms with Crippen LogP contribution in [0.3, 0.4) is 0 Å². The molecule has 4 nitrogen and oxygen atoms in total. The standard InChI is InChI=1S/C18H19FO4S/c1-13-3-9-17(24-13)16(20)8-10-18(21)23-12-2-11-22-15-6-4-14(19)5-7-15/h3-7,9H,2,8,10-12H2,1H3. The lowest BCUT2D eigenvalue weighted by Gasteiger charge is -2.07. The van der Waals surface area contributed by atoms with Gasteiger partial charge in [0.25, 0.3) is 0 Å². The Bertz CT molecular complexity index is 679. The van der Waals surface area contributed by atoms with E-state index < -0.39 is 5.97 Å². The fourth-order valence-electron chi connectivity index (χ4n) is 1.96. The molecule has 0 amide bonds. The third-order valence-corrected chi connectivity index (χ3v) is 4.25. The van der Waals surface area contributed by atoms with Gasteiger partial charge in [0.05, 0.1) is 24.5 Å². The van der Waals surface area contributed by atoms with Crippen molar-refractivity contribution >= 4 is 23.1 Å². The molecule has 0 aliphatic carbocycles. The summed E-state index contributed by atoms with van der Waals surface area (Å²) in [6, 6.07) is 9.39. The van der Waals surface area contributed by atoms with Crippen molar-refractivity contribution < 1.29 is 23.5 Å². The monoisotopic (exact) mass is 350 g/mol. The minimum absolute atomic E-state index is 0.0373. The van der Waals surface area contributed by atoms with Crippen molar-refractivity contribution in [3.05, 3.63) is 52.0 Å². The lowest BCUT2D eigenvalue weighted by molar-refractivity contribution is -0.143. The number of carbonyl (C=O) groups excluding carboxylic acids is 2. The van der Waals surface area contributed by atoms with E-state index in [0.717, 1.165) is 4.88 Å². The number of halogens is 1. The fraction of sp³-hybridized carbons (Fsp3) is 0.333. The lowest BCUT2D eigenvalue weighted by Crippen LogP contribution is -2.10. The summed E-state index contributed by atoms with van der Waals surface area (Å²) in [6.45, 7) is 2.53. The quantitative estimate of drug-likeness (QED) is 0.387. The Hall–Kier alpha value is -2.21. The highest BCUT2D eigenvalue weighted by Gasteiger charge is 2.11. The maximum Gasteiger partial charge on any atom is 0.306 e. The van der Waals surface area contributed by atoms with Gasteiger partial charge in [-0.05, 0) is 43.3 Å². The first kappa shape index (κ1) is 18.1. The number of hydrogen-bond donors (Lipinski definition) is 0. The van der Waals surface area contributed by atoms with E-state index >= 15 is 0 Å². The van der Waals surface area contributed by atoms with Crippen molar-refractivity contribution in [3.8, 4) is 5.75 Å². The number of rotatable bonds is 9. The molecule has 0 unspecified atom stereocenters. The van der Waals surface area contributed by atoms with Gasteiger partial charge >= 0.3 is 5.97 Å². The molecule has 0 saturated heterocycles. The van der Waals surface area contributed by atoms with Crippen molar-refractivity contribution in [3.63, 3.8) is 0 Å². The van der Waals surface area contributed by atoms with Gasteiger partial charge in [0, 0.05) is 17.7 Å². The van der Waals surface area contributed by atoms with Crippen molar-refractivity contribution in [1.82, 2.24) is 0 Å². The summed E-state index contributed by atoms with van der Waals surface area (Å²) >= 11 is 1.43. The van der Waals surface area contributed by atoms with Crippen LogP contribution in [0.25, 0.3) is 0 Å². The van der Waals surface area contributed by atoms with Gasteiger partial charge in [0.15, 0.2) is 5.78 Å². The van der Waals surface area contributed by atoms with Crippen LogP contribution < -0.4 is 4.74 Å². The van der Waals surface area contributed by atoms with Gasteiger partial charge in [-0.15, -0.1) is 11.3 Å². The predicted octanol–water partition coefficient (Wildman–Crippen LogP) is 4.17. The Kier molecular flexibility index (Phi) is 6.93. The molecule has 1 aromatic carbocycles. The lowest BCUT2D eigenvalue weighted by atomic mass is 10.2. The van der Waals surface area contributed by atoms with Gasteiger partial charge in [0.1, 0.15) is 11.6 Å². The number of ketones is 1. The van der Waals surface area contributed by atoms with Crippen LogP contribution in [-0.4, -0.2) is 25.0 Å². The SMILES string of the molecule is Cc1ccc(C(=O)CCC(=O)OCCCOc2ccc(F)cc2)s1. The molecule has 0 saturated carbocycles. The first-order valence-corrected chi connectivity index (χ1v) is 8.50. The van der Waals surface area contributed by atoms with Crippen molar-refractivity contribution in [2.75, 3.05) is 13.2 Å². The van der Waals surface area contributed by atoms with Crippen LogP contribution >= 0.6 is 11.3 Å². The Balaban J connectivity index is 1.56. The zero-order valence-corrected chi connectivity index (χ0v) is 14.2. The zero-order chi connectivity index (χ0) is 17.4. The van der Waals surface area contributed by atoms with E-state index in [2.05, 4.69) is 0 Å². The maximum atomic E-state index is 12.7. The highest BCUT2D eigenvalue weighted by atomic mass is 32.1. The first-order valence-electron chi connectivity index (χ1n) is 7.68. The van der Waals surface area contributed by atoms with Crippen LogP contribution in [0, 0.1) is 12.7 Å². The van der Waals surface area contributed by atoms with Crippen molar-refractivity contribution in [2.24, 2.45) is 0 Å². The third-order valence-electron chi connectivity index (χ3n) is 3.21. The summed E-state index contributed by atoms with van der Waals surface area (Å²) in [4.78, 5) is 25.2. The number of hydrogen-bond acceptors (Lipinski definition) is 5. The number of Topliss-reactive ketones (excluding diaryl/α,β-unsaturated/α-hetero) is 1. The van der Waals surface area contributed by atoms with E-state index in [1.165, 1.54) is 23.5 Å². The fourth-order valence-corrected chi connectivity index (χ4v) is 2.80. The Labute approximate surface area is 144 Å². The Morgan fingerprint density at radius 3 is 2.46 bits per heavy atom. The van der Waals surface area contributed by atoms with Gasteiger partial charge in [-0.2, -0.15) is 0 Å². The number of aryl methyl sites for hydroxylation is 1. The molecule has 1 heterocycles. The molecule has 0 aliphatic rings.